The number of halogens is 1. The molecule has 2 aromatic carbocycles. The van der Waals surface area contributed by atoms with Crippen LogP contribution in [-0.2, 0) is 16.1 Å². The minimum absolute atomic E-state index is 0.0513. The summed E-state index contributed by atoms with van der Waals surface area (Å²) in [7, 11) is 0. The van der Waals surface area contributed by atoms with Crippen molar-refractivity contribution in [1.82, 2.24) is 14.5 Å². The van der Waals surface area contributed by atoms with Crippen LogP contribution >= 0.6 is 15.9 Å². The van der Waals surface area contributed by atoms with Crippen LogP contribution in [0.1, 0.15) is 32.1 Å². The maximum absolute atomic E-state index is 12.7. The molecule has 142 valence electrons. The summed E-state index contributed by atoms with van der Waals surface area (Å²) in [5.74, 6) is -0.205. The Morgan fingerprint density at radius 3 is 2.61 bits per heavy atom. The van der Waals surface area contributed by atoms with Crippen LogP contribution in [0.2, 0.25) is 0 Å². The number of hydrogen-bond donors (Lipinski definition) is 0. The van der Waals surface area contributed by atoms with Gasteiger partial charge in [0.2, 0.25) is 0 Å². The Labute approximate surface area is 170 Å². The van der Waals surface area contributed by atoms with Crippen molar-refractivity contribution in [3.05, 3.63) is 46.9 Å². The van der Waals surface area contributed by atoms with Gasteiger partial charge in [-0.05, 0) is 56.0 Å². The van der Waals surface area contributed by atoms with Crippen LogP contribution in [0.4, 0.5) is 0 Å². The number of hydrogen-bond acceptors (Lipinski definition) is 4. The van der Waals surface area contributed by atoms with E-state index in [1.54, 1.807) is 0 Å². The van der Waals surface area contributed by atoms with Crippen molar-refractivity contribution >= 4 is 55.0 Å². The normalized spacial score (nSPS) is 15.5. The lowest BCUT2D eigenvalue weighted by Crippen LogP contribution is -2.23. The summed E-state index contributed by atoms with van der Waals surface area (Å²) < 4.78 is 8.66. The summed E-state index contributed by atoms with van der Waals surface area (Å²) in [5.41, 5.74) is 4.12. The van der Waals surface area contributed by atoms with E-state index in [0.717, 1.165) is 57.6 Å². The summed E-state index contributed by atoms with van der Waals surface area (Å²) >= 11 is 3.54. The van der Waals surface area contributed by atoms with Gasteiger partial charge in [0.1, 0.15) is 18.2 Å². The Morgan fingerprint density at radius 1 is 1.07 bits per heavy atom. The molecule has 0 amide bonds. The van der Waals surface area contributed by atoms with Gasteiger partial charge in [-0.2, -0.15) is 0 Å². The first-order chi connectivity index (χ1) is 13.7. The van der Waals surface area contributed by atoms with E-state index < -0.39 is 0 Å². The quantitative estimate of drug-likeness (QED) is 0.403. The highest BCUT2D eigenvalue weighted by Gasteiger charge is 2.21. The molecule has 1 aliphatic carbocycles. The van der Waals surface area contributed by atoms with Crippen LogP contribution < -0.4 is 0 Å². The van der Waals surface area contributed by atoms with Gasteiger partial charge in [-0.25, -0.2) is 9.97 Å². The molecule has 0 radical (unpaired) electrons. The van der Waals surface area contributed by atoms with Crippen molar-refractivity contribution in [2.24, 2.45) is 0 Å². The van der Waals surface area contributed by atoms with Gasteiger partial charge < -0.3 is 9.30 Å². The van der Waals surface area contributed by atoms with Crippen LogP contribution in [0.5, 0.6) is 0 Å². The fraction of sp³-hybridized carbons (Fsp3) is 0.318. The minimum atomic E-state index is -0.205. The predicted octanol–water partition coefficient (Wildman–Crippen LogP) is 5.38. The molecule has 28 heavy (non-hydrogen) atoms. The lowest BCUT2D eigenvalue weighted by atomic mass is 9.98. The number of carbonyl (C=O) groups is 1. The second-order valence-electron chi connectivity index (χ2n) is 7.38. The third kappa shape index (κ3) is 3.15. The smallest absolute Gasteiger partial charge is 0.326 e. The number of benzene rings is 2. The first kappa shape index (κ1) is 17.6. The van der Waals surface area contributed by atoms with E-state index in [1.165, 1.54) is 6.42 Å². The zero-order chi connectivity index (χ0) is 19.1. The number of nitrogens with zero attached hydrogens (tertiary/aromatic N) is 3. The maximum Gasteiger partial charge on any atom is 0.326 e. The van der Waals surface area contributed by atoms with E-state index in [1.807, 2.05) is 47.0 Å². The minimum Gasteiger partial charge on any atom is -0.461 e. The van der Waals surface area contributed by atoms with Crippen LogP contribution in [0.25, 0.3) is 33.1 Å². The highest BCUT2D eigenvalue weighted by atomic mass is 79.9. The van der Waals surface area contributed by atoms with E-state index in [2.05, 4.69) is 15.9 Å². The van der Waals surface area contributed by atoms with Gasteiger partial charge in [0.05, 0.1) is 16.6 Å². The zero-order valence-corrected chi connectivity index (χ0v) is 17.0. The molecule has 5 nitrogen and oxygen atoms in total. The van der Waals surface area contributed by atoms with Crippen molar-refractivity contribution in [3.8, 4) is 0 Å². The molecule has 2 aromatic heterocycles. The molecule has 1 fully saturated rings. The Bertz CT molecular complexity index is 1190. The van der Waals surface area contributed by atoms with Crippen molar-refractivity contribution < 1.29 is 9.53 Å². The van der Waals surface area contributed by atoms with E-state index in [4.69, 9.17) is 14.7 Å². The van der Waals surface area contributed by atoms with Crippen molar-refractivity contribution in [1.29, 1.82) is 0 Å². The Balaban J connectivity index is 1.61. The van der Waals surface area contributed by atoms with E-state index in [9.17, 15) is 4.79 Å². The summed E-state index contributed by atoms with van der Waals surface area (Å²) in [6, 6.07) is 13.8. The lowest BCUT2D eigenvalue weighted by Gasteiger charge is -2.22. The number of esters is 1. The van der Waals surface area contributed by atoms with Crippen LogP contribution in [0.15, 0.2) is 46.9 Å². The van der Waals surface area contributed by atoms with Gasteiger partial charge in [-0.15, -0.1) is 0 Å². The molecular weight excluding hydrogens is 418 g/mol. The topological polar surface area (TPSA) is 57.0 Å². The molecule has 5 rings (SSSR count). The van der Waals surface area contributed by atoms with Crippen LogP contribution in [0.3, 0.4) is 0 Å². The van der Waals surface area contributed by atoms with Crippen LogP contribution in [0, 0.1) is 0 Å². The van der Waals surface area contributed by atoms with Gasteiger partial charge in [0.25, 0.3) is 0 Å². The Hall–Kier alpha value is -2.47. The number of aromatic nitrogens is 3. The molecule has 1 saturated carbocycles. The SMILES string of the molecule is O=C(Cn1c2ccc(Br)cc2c2nc3ccccc3nc21)OC1CCCCC1. The largest absolute Gasteiger partial charge is 0.461 e. The van der Waals surface area contributed by atoms with Crippen molar-refractivity contribution in [3.63, 3.8) is 0 Å². The Morgan fingerprint density at radius 2 is 1.82 bits per heavy atom. The van der Waals surface area contributed by atoms with Crippen LogP contribution in [-0.4, -0.2) is 26.6 Å². The predicted molar refractivity (Wildman–Crippen MR) is 113 cm³/mol. The standard InChI is InChI=1S/C22H20BrN3O2/c23-14-10-11-19-16(12-14)21-22(25-18-9-5-4-8-17(18)24-21)26(19)13-20(27)28-15-6-2-1-3-7-15/h4-5,8-12,15H,1-3,6-7,13H2. The van der Waals surface area contributed by atoms with E-state index in [0.29, 0.717) is 5.65 Å². The van der Waals surface area contributed by atoms with Gasteiger partial charge in [0, 0.05) is 9.86 Å². The first-order valence-corrected chi connectivity index (χ1v) is 10.5. The monoisotopic (exact) mass is 437 g/mol. The second-order valence-corrected chi connectivity index (χ2v) is 8.30. The number of ether oxygens (including phenoxy) is 1. The molecule has 1 aliphatic rings. The van der Waals surface area contributed by atoms with Gasteiger partial charge in [-0.3, -0.25) is 4.79 Å². The molecule has 6 heteroatoms. The molecule has 0 atom stereocenters. The summed E-state index contributed by atoms with van der Waals surface area (Å²) in [6.07, 6.45) is 5.50. The summed E-state index contributed by atoms with van der Waals surface area (Å²) in [4.78, 5) is 22.4. The fourth-order valence-electron chi connectivity index (χ4n) is 4.10. The summed E-state index contributed by atoms with van der Waals surface area (Å²) in [5, 5.41) is 0.980. The third-order valence-corrected chi connectivity index (χ3v) is 5.94. The maximum atomic E-state index is 12.7. The molecule has 0 N–H and O–H groups in total. The number of para-hydroxylation sites is 2. The molecule has 0 aliphatic heterocycles. The van der Waals surface area contributed by atoms with E-state index >= 15 is 0 Å². The first-order valence-electron chi connectivity index (χ1n) is 9.73. The average molecular weight is 438 g/mol. The van der Waals surface area contributed by atoms with E-state index in [-0.39, 0.29) is 18.6 Å². The molecule has 0 unspecified atom stereocenters. The van der Waals surface area contributed by atoms with Crippen molar-refractivity contribution in [2.75, 3.05) is 0 Å². The second kappa shape index (κ2) is 7.17. The molecule has 0 bridgehead atoms. The van der Waals surface area contributed by atoms with Crippen molar-refractivity contribution in [2.45, 2.75) is 44.8 Å². The molecule has 0 saturated heterocycles. The highest BCUT2D eigenvalue weighted by Crippen LogP contribution is 2.31. The van der Waals surface area contributed by atoms with Gasteiger partial charge in [-0.1, -0.05) is 34.5 Å². The van der Waals surface area contributed by atoms with Gasteiger partial charge >= 0.3 is 5.97 Å². The highest BCUT2D eigenvalue weighted by molar-refractivity contribution is 9.10. The molecule has 0 spiro atoms. The number of fused-ring (bicyclic) bond motifs is 4. The third-order valence-electron chi connectivity index (χ3n) is 5.45. The zero-order valence-electron chi connectivity index (χ0n) is 15.4. The fourth-order valence-corrected chi connectivity index (χ4v) is 4.46. The average Bonchev–Trinajstić information content (AvgIpc) is 2.99. The summed E-state index contributed by atoms with van der Waals surface area (Å²) in [6.45, 7) is 0.144. The molecule has 4 aromatic rings. The molecular formula is C22H20BrN3O2. The Kier molecular flexibility index (Phi) is 4.51. The lowest BCUT2D eigenvalue weighted by molar-refractivity contribution is -0.151. The number of rotatable bonds is 3. The van der Waals surface area contributed by atoms with Gasteiger partial charge in [0.15, 0.2) is 5.65 Å². The molecule has 2 heterocycles. The number of carbonyl (C=O) groups excluding carboxylic acids is 1.